The lowest BCUT2D eigenvalue weighted by Crippen LogP contribution is -2.31. The molecule has 1 saturated heterocycles. The molecule has 0 radical (unpaired) electrons. The second-order valence-corrected chi connectivity index (χ2v) is 5.43. The zero-order valence-corrected chi connectivity index (χ0v) is 12.5. The summed E-state index contributed by atoms with van der Waals surface area (Å²) in [5, 5.41) is 3.46. The Morgan fingerprint density at radius 2 is 2.00 bits per heavy atom. The van der Waals surface area contributed by atoms with Gasteiger partial charge in [-0.25, -0.2) is 0 Å². The van der Waals surface area contributed by atoms with Gasteiger partial charge in [-0.15, -0.1) is 0 Å². The molecule has 0 saturated carbocycles. The number of rotatable bonds is 4. The molecule has 106 valence electrons. The summed E-state index contributed by atoms with van der Waals surface area (Å²) in [5.74, 6) is 1.56. The van der Waals surface area contributed by atoms with Gasteiger partial charge < -0.3 is 14.8 Å². The molecule has 0 aliphatic carbocycles. The van der Waals surface area contributed by atoms with Gasteiger partial charge >= 0.3 is 0 Å². The molecule has 1 N–H and O–H groups in total. The monoisotopic (exact) mass is 263 g/mol. The van der Waals surface area contributed by atoms with Crippen molar-refractivity contribution in [2.45, 2.75) is 32.7 Å². The Hall–Kier alpha value is -1.06. The van der Waals surface area contributed by atoms with E-state index in [4.69, 9.17) is 9.47 Å². The molecule has 1 aromatic rings. The second-order valence-electron chi connectivity index (χ2n) is 5.43. The average Bonchev–Trinajstić information content (AvgIpc) is 2.40. The number of nitrogens with one attached hydrogen (secondary N) is 1. The van der Waals surface area contributed by atoms with Gasteiger partial charge in [0.05, 0.1) is 13.7 Å². The Morgan fingerprint density at radius 1 is 1.32 bits per heavy atom. The third-order valence-corrected chi connectivity index (χ3v) is 4.02. The molecule has 19 heavy (non-hydrogen) atoms. The lowest BCUT2D eigenvalue weighted by Gasteiger charge is -2.31. The van der Waals surface area contributed by atoms with E-state index >= 15 is 0 Å². The highest BCUT2D eigenvalue weighted by atomic mass is 16.5. The summed E-state index contributed by atoms with van der Waals surface area (Å²) in [6.45, 7) is 5.99. The molecule has 1 aliphatic heterocycles. The van der Waals surface area contributed by atoms with Gasteiger partial charge in [-0.05, 0) is 50.4 Å². The average molecular weight is 263 g/mol. The highest BCUT2D eigenvalue weighted by molar-refractivity contribution is 5.44. The van der Waals surface area contributed by atoms with Crippen molar-refractivity contribution in [3.63, 3.8) is 0 Å². The van der Waals surface area contributed by atoms with Crippen LogP contribution in [0.2, 0.25) is 0 Å². The van der Waals surface area contributed by atoms with E-state index in [1.54, 1.807) is 7.11 Å². The summed E-state index contributed by atoms with van der Waals surface area (Å²) in [6, 6.07) is 4.84. The van der Waals surface area contributed by atoms with Crippen molar-refractivity contribution in [1.29, 1.82) is 0 Å². The summed E-state index contributed by atoms with van der Waals surface area (Å²) in [6.07, 6.45) is 2.40. The normalized spacial score (nSPS) is 21.2. The summed E-state index contributed by atoms with van der Waals surface area (Å²) < 4.78 is 11.1. The summed E-state index contributed by atoms with van der Waals surface area (Å²) >= 11 is 0. The number of hydrogen-bond acceptors (Lipinski definition) is 3. The van der Waals surface area contributed by atoms with E-state index in [1.165, 1.54) is 23.1 Å². The molecule has 0 aromatic heterocycles. The molecule has 1 fully saturated rings. The largest absolute Gasteiger partial charge is 0.496 e. The van der Waals surface area contributed by atoms with E-state index in [0.717, 1.165) is 25.4 Å². The van der Waals surface area contributed by atoms with Crippen LogP contribution in [-0.4, -0.2) is 27.4 Å². The van der Waals surface area contributed by atoms with Crippen LogP contribution in [0.15, 0.2) is 12.1 Å². The smallest absolute Gasteiger partial charge is 0.124 e. The van der Waals surface area contributed by atoms with Gasteiger partial charge in [0, 0.05) is 18.6 Å². The molecule has 0 spiro atoms. The fourth-order valence-corrected chi connectivity index (χ4v) is 3.19. The third kappa shape index (κ3) is 3.10. The van der Waals surface area contributed by atoms with Crippen molar-refractivity contribution in [2.75, 3.05) is 27.4 Å². The molecule has 3 nitrogen and oxygen atoms in total. The maximum absolute atomic E-state index is 5.63. The molecule has 1 aromatic carbocycles. The molecule has 3 heteroatoms. The molecule has 1 heterocycles. The van der Waals surface area contributed by atoms with E-state index in [0.29, 0.717) is 12.0 Å². The number of hydrogen-bond donors (Lipinski definition) is 1. The topological polar surface area (TPSA) is 30.5 Å². The minimum atomic E-state index is 0.364. The SMILES string of the molecule is CNC(c1cc(C)c(OC)c(C)c1)C1CCCOC1. The van der Waals surface area contributed by atoms with Crippen LogP contribution in [0.25, 0.3) is 0 Å². The first kappa shape index (κ1) is 14.4. The number of ether oxygens (including phenoxy) is 2. The van der Waals surface area contributed by atoms with Gasteiger partial charge in [0.25, 0.3) is 0 Å². The van der Waals surface area contributed by atoms with Gasteiger partial charge in [0.15, 0.2) is 0 Å². The molecular formula is C16H25NO2. The molecule has 0 bridgehead atoms. The highest BCUT2D eigenvalue weighted by Crippen LogP contribution is 2.33. The standard InChI is InChI=1S/C16H25NO2/c1-11-8-14(9-12(2)16(11)18-4)15(17-3)13-6-5-7-19-10-13/h8-9,13,15,17H,5-7,10H2,1-4H3. The minimum Gasteiger partial charge on any atom is -0.496 e. The van der Waals surface area contributed by atoms with E-state index in [9.17, 15) is 0 Å². The summed E-state index contributed by atoms with van der Waals surface area (Å²) in [5.41, 5.74) is 3.75. The van der Waals surface area contributed by atoms with Crippen LogP contribution in [-0.2, 0) is 4.74 Å². The predicted molar refractivity (Wildman–Crippen MR) is 77.8 cm³/mol. The van der Waals surface area contributed by atoms with E-state index in [2.05, 4.69) is 31.3 Å². The van der Waals surface area contributed by atoms with Crippen molar-refractivity contribution >= 4 is 0 Å². The van der Waals surface area contributed by atoms with Crippen LogP contribution in [0.4, 0.5) is 0 Å². The Labute approximate surface area is 116 Å². The third-order valence-electron chi connectivity index (χ3n) is 4.02. The maximum atomic E-state index is 5.63. The van der Waals surface area contributed by atoms with Crippen LogP contribution < -0.4 is 10.1 Å². The van der Waals surface area contributed by atoms with Crippen molar-refractivity contribution in [3.8, 4) is 5.75 Å². The summed E-state index contributed by atoms with van der Waals surface area (Å²) in [4.78, 5) is 0. The fraction of sp³-hybridized carbons (Fsp3) is 0.625. The van der Waals surface area contributed by atoms with Crippen LogP contribution in [0.1, 0.15) is 35.6 Å². The molecule has 0 amide bonds. The van der Waals surface area contributed by atoms with Crippen LogP contribution in [0.3, 0.4) is 0 Å². The summed E-state index contributed by atoms with van der Waals surface area (Å²) in [7, 11) is 3.77. The molecule has 2 rings (SSSR count). The second kappa shape index (κ2) is 6.40. The van der Waals surface area contributed by atoms with E-state index in [-0.39, 0.29) is 0 Å². The Bertz CT molecular complexity index is 402. The first-order valence-corrected chi connectivity index (χ1v) is 7.07. The fourth-order valence-electron chi connectivity index (χ4n) is 3.19. The Morgan fingerprint density at radius 3 is 2.47 bits per heavy atom. The van der Waals surface area contributed by atoms with Gasteiger partial charge in [-0.1, -0.05) is 12.1 Å². The molecule has 1 aliphatic rings. The zero-order chi connectivity index (χ0) is 13.8. The number of aryl methyl sites for hydroxylation is 2. The van der Waals surface area contributed by atoms with Crippen molar-refractivity contribution < 1.29 is 9.47 Å². The first-order chi connectivity index (χ1) is 9.17. The van der Waals surface area contributed by atoms with Crippen molar-refractivity contribution in [3.05, 3.63) is 28.8 Å². The van der Waals surface area contributed by atoms with Gasteiger partial charge in [-0.3, -0.25) is 0 Å². The number of benzene rings is 1. The molecule has 2 unspecified atom stereocenters. The van der Waals surface area contributed by atoms with Crippen molar-refractivity contribution in [2.24, 2.45) is 5.92 Å². The van der Waals surface area contributed by atoms with E-state index < -0.39 is 0 Å². The Kier molecular flexibility index (Phi) is 4.83. The van der Waals surface area contributed by atoms with E-state index in [1.807, 2.05) is 7.05 Å². The maximum Gasteiger partial charge on any atom is 0.124 e. The van der Waals surface area contributed by atoms with Crippen molar-refractivity contribution in [1.82, 2.24) is 5.32 Å². The number of methoxy groups -OCH3 is 1. The van der Waals surface area contributed by atoms with Crippen LogP contribution >= 0.6 is 0 Å². The Balaban J connectivity index is 2.27. The van der Waals surface area contributed by atoms with Crippen LogP contribution in [0, 0.1) is 19.8 Å². The molecular weight excluding hydrogens is 238 g/mol. The van der Waals surface area contributed by atoms with Gasteiger partial charge in [-0.2, -0.15) is 0 Å². The highest BCUT2D eigenvalue weighted by Gasteiger charge is 2.25. The minimum absolute atomic E-state index is 0.364. The lowest BCUT2D eigenvalue weighted by atomic mass is 9.87. The predicted octanol–water partition coefficient (Wildman–Crippen LogP) is 3.00. The lowest BCUT2D eigenvalue weighted by molar-refractivity contribution is 0.0402. The molecule has 2 atom stereocenters. The van der Waals surface area contributed by atoms with Gasteiger partial charge in [0.1, 0.15) is 5.75 Å². The zero-order valence-electron chi connectivity index (χ0n) is 12.5. The quantitative estimate of drug-likeness (QED) is 0.906. The van der Waals surface area contributed by atoms with Crippen LogP contribution in [0.5, 0.6) is 5.75 Å². The first-order valence-electron chi connectivity index (χ1n) is 7.07. The van der Waals surface area contributed by atoms with Gasteiger partial charge in [0.2, 0.25) is 0 Å².